The first-order valence-corrected chi connectivity index (χ1v) is 5.49. The van der Waals surface area contributed by atoms with Crippen LogP contribution in [0.3, 0.4) is 0 Å². The second-order valence-corrected chi connectivity index (χ2v) is 4.50. The minimum absolute atomic E-state index is 0.348. The van der Waals surface area contributed by atoms with Crippen LogP contribution in [-0.2, 0) is 0 Å². The lowest BCUT2D eigenvalue weighted by Gasteiger charge is -1.93. The Morgan fingerprint density at radius 3 is 2.88 bits per heavy atom. The molecule has 0 atom stereocenters. The Bertz CT molecular complexity index is 609. The SMILES string of the molecule is Cc1nn2cc(-c3ccc(F)cn3)nc2s1. The van der Waals surface area contributed by atoms with Crippen LogP contribution in [0.5, 0.6) is 0 Å². The molecular weight excluding hydrogens is 227 g/mol. The van der Waals surface area contributed by atoms with Crippen LogP contribution in [0.4, 0.5) is 4.39 Å². The molecule has 0 fully saturated rings. The molecule has 0 bridgehead atoms. The van der Waals surface area contributed by atoms with Crippen molar-refractivity contribution in [3.63, 3.8) is 0 Å². The second-order valence-electron chi connectivity index (χ2n) is 3.34. The summed E-state index contributed by atoms with van der Waals surface area (Å²) in [5, 5.41) is 5.21. The predicted molar refractivity (Wildman–Crippen MR) is 58.8 cm³/mol. The van der Waals surface area contributed by atoms with Gasteiger partial charge in [0.25, 0.3) is 0 Å². The van der Waals surface area contributed by atoms with Gasteiger partial charge < -0.3 is 0 Å². The zero-order valence-corrected chi connectivity index (χ0v) is 9.20. The third-order valence-electron chi connectivity index (χ3n) is 2.13. The number of halogens is 1. The maximum absolute atomic E-state index is 12.7. The molecule has 16 heavy (non-hydrogen) atoms. The van der Waals surface area contributed by atoms with Crippen LogP contribution in [-0.4, -0.2) is 19.6 Å². The number of fused-ring (bicyclic) bond motifs is 1. The summed E-state index contributed by atoms with van der Waals surface area (Å²) in [5.41, 5.74) is 1.36. The van der Waals surface area contributed by atoms with Crippen molar-refractivity contribution in [3.05, 3.63) is 35.4 Å². The van der Waals surface area contributed by atoms with E-state index < -0.39 is 0 Å². The van der Waals surface area contributed by atoms with Crippen molar-refractivity contribution in [2.24, 2.45) is 0 Å². The van der Waals surface area contributed by atoms with Gasteiger partial charge >= 0.3 is 0 Å². The summed E-state index contributed by atoms with van der Waals surface area (Å²) in [6.45, 7) is 1.93. The Kier molecular flexibility index (Phi) is 1.97. The molecule has 0 aliphatic rings. The summed E-state index contributed by atoms with van der Waals surface area (Å²) in [4.78, 5) is 9.16. The molecule has 0 aliphatic heterocycles. The van der Waals surface area contributed by atoms with Gasteiger partial charge in [-0.2, -0.15) is 5.10 Å². The molecule has 0 saturated carbocycles. The molecule has 0 saturated heterocycles. The summed E-state index contributed by atoms with van der Waals surface area (Å²) in [5.74, 6) is -0.348. The normalized spacial score (nSPS) is 11.1. The highest BCUT2D eigenvalue weighted by molar-refractivity contribution is 7.16. The monoisotopic (exact) mass is 234 g/mol. The highest BCUT2D eigenvalue weighted by atomic mass is 32.1. The van der Waals surface area contributed by atoms with Gasteiger partial charge in [0.05, 0.1) is 18.1 Å². The molecule has 4 nitrogen and oxygen atoms in total. The van der Waals surface area contributed by atoms with Gasteiger partial charge in [0.1, 0.15) is 16.5 Å². The van der Waals surface area contributed by atoms with Crippen molar-refractivity contribution in [2.75, 3.05) is 0 Å². The Labute approximate surface area is 94.4 Å². The number of nitrogens with zero attached hydrogens (tertiary/aromatic N) is 4. The van der Waals surface area contributed by atoms with Crippen molar-refractivity contribution < 1.29 is 4.39 Å². The van der Waals surface area contributed by atoms with E-state index in [1.807, 2.05) is 6.92 Å². The van der Waals surface area contributed by atoms with E-state index in [-0.39, 0.29) is 5.82 Å². The Morgan fingerprint density at radius 1 is 1.31 bits per heavy atom. The van der Waals surface area contributed by atoms with Gasteiger partial charge in [0, 0.05) is 0 Å². The Hall–Kier alpha value is -1.82. The number of hydrogen-bond acceptors (Lipinski definition) is 4. The van der Waals surface area contributed by atoms with Gasteiger partial charge in [-0.05, 0) is 19.1 Å². The van der Waals surface area contributed by atoms with Gasteiger partial charge in [-0.3, -0.25) is 4.98 Å². The van der Waals surface area contributed by atoms with Crippen molar-refractivity contribution >= 4 is 16.3 Å². The fourth-order valence-electron chi connectivity index (χ4n) is 1.45. The number of aromatic nitrogens is 4. The predicted octanol–water partition coefficient (Wildman–Crippen LogP) is 2.30. The molecule has 0 radical (unpaired) electrons. The molecule has 0 amide bonds. The molecule has 3 heterocycles. The minimum atomic E-state index is -0.348. The van der Waals surface area contributed by atoms with Crippen LogP contribution < -0.4 is 0 Å². The molecule has 6 heteroatoms. The van der Waals surface area contributed by atoms with Crippen molar-refractivity contribution in [2.45, 2.75) is 6.92 Å². The quantitative estimate of drug-likeness (QED) is 0.649. The summed E-state index contributed by atoms with van der Waals surface area (Å²) < 4.78 is 14.4. The van der Waals surface area contributed by atoms with Gasteiger partial charge in [0.15, 0.2) is 0 Å². The smallest absolute Gasteiger partial charge is 0.212 e. The van der Waals surface area contributed by atoms with Gasteiger partial charge in [-0.25, -0.2) is 13.9 Å². The minimum Gasteiger partial charge on any atom is -0.251 e. The van der Waals surface area contributed by atoms with Crippen molar-refractivity contribution in [1.82, 2.24) is 19.6 Å². The van der Waals surface area contributed by atoms with E-state index in [1.54, 1.807) is 16.8 Å². The molecule has 0 aliphatic carbocycles. The van der Waals surface area contributed by atoms with E-state index in [4.69, 9.17) is 0 Å². The van der Waals surface area contributed by atoms with Crippen LogP contribution >= 0.6 is 11.3 Å². The molecule has 3 aromatic heterocycles. The highest BCUT2D eigenvalue weighted by Gasteiger charge is 2.08. The molecule has 80 valence electrons. The largest absolute Gasteiger partial charge is 0.251 e. The van der Waals surface area contributed by atoms with Gasteiger partial charge in [0.2, 0.25) is 4.96 Å². The molecule has 0 spiro atoms. The summed E-state index contributed by atoms with van der Waals surface area (Å²) in [6, 6.07) is 2.98. The van der Waals surface area contributed by atoms with E-state index in [0.717, 1.165) is 9.97 Å². The molecule has 0 aromatic carbocycles. The number of hydrogen-bond donors (Lipinski definition) is 0. The number of pyridine rings is 1. The Morgan fingerprint density at radius 2 is 2.19 bits per heavy atom. The number of imidazole rings is 1. The van der Waals surface area contributed by atoms with Crippen LogP contribution in [0, 0.1) is 12.7 Å². The molecule has 3 aromatic rings. The average molecular weight is 234 g/mol. The lowest BCUT2D eigenvalue weighted by Crippen LogP contribution is -1.84. The van der Waals surface area contributed by atoms with Crippen LogP contribution in [0.1, 0.15) is 5.01 Å². The number of aryl methyl sites for hydroxylation is 1. The summed E-state index contributed by atoms with van der Waals surface area (Å²) >= 11 is 1.51. The lowest BCUT2D eigenvalue weighted by molar-refractivity contribution is 0.622. The third-order valence-corrected chi connectivity index (χ3v) is 2.97. The van der Waals surface area contributed by atoms with E-state index in [0.29, 0.717) is 11.4 Å². The molecule has 0 unspecified atom stereocenters. The molecule has 0 N–H and O–H groups in total. The zero-order valence-electron chi connectivity index (χ0n) is 8.38. The maximum atomic E-state index is 12.7. The highest BCUT2D eigenvalue weighted by Crippen LogP contribution is 2.20. The van der Waals surface area contributed by atoms with E-state index in [2.05, 4.69) is 15.1 Å². The third kappa shape index (κ3) is 1.47. The van der Waals surface area contributed by atoms with E-state index in [1.165, 1.54) is 23.6 Å². The van der Waals surface area contributed by atoms with E-state index in [9.17, 15) is 4.39 Å². The fourth-order valence-corrected chi connectivity index (χ4v) is 2.17. The van der Waals surface area contributed by atoms with Crippen LogP contribution in [0.15, 0.2) is 24.5 Å². The van der Waals surface area contributed by atoms with Crippen LogP contribution in [0.2, 0.25) is 0 Å². The summed E-state index contributed by atoms with van der Waals surface area (Å²) in [6.07, 6.45) is 2.97. The zero-order chi connectivity index (χ0) is 11.1. The van der Waals surface area contributed by atoms with Gasteiger partial charge in [-0.15, -0.1) is 0 Å². The first-order valence-electron chi connectivity index (χ1n) is 4.67. The van der Waals surface area contributed by atoms with Crippen molar-refractivity contribution in [3.8, 4) is 11.4 Å². The van der Waals surface area contributed by atoms with Crippen molar-refractivity contribution in [1.29, 1.82) is 0 Å². The topological polar surface area (TPSA) is 43.1 Å². The number of rotatable bonds is 1. The molecular formula is C10H7FN4S. The lowest BCUT2D eigenvalue weighted by atomic mass is 10.3. The molecule has 3 rings (SSSR count). The van der Waals surface area contributed by atoms with Crippen LogP contribution in [0.25, 0.3) is 16.3 Å². The second kappa shape index (κ2) is 3.34. The first kappa shape index (κ1) is 9.41. The summed E-state index contributed by atoms with van der Waals surface area (Å²) in [7, 11) is 0. The maximum Gasteiger partial charge on any atom is 0.212 e. The Balaban J connectivity index is 2.11. The average Bonchev–Trinajstić information content (AvgIpc) is 2.75. The fraction of sp³-hybridized carbons (Fsp3) is 0.100. The first-order chi connectivity index (χ1) is 7.72. The standard InChI is InChI=1S/C10H7FN4S/c1-6-14-15-5-9(13-10(15)16-6)8-3-2-7(11)4-12-8/h2-5H,1H3. The van der Waals surface area contributed by atoms with E-state index >= 15 is 0 Å². The van der Waals surface area contributed by atoms with Gasteiger partial charge in [-0.1, -0.05) is 11.3 Å².